The Balaban J connectivity index is 0.000000165. The third kappa shape index (κ3) is 7.62. The lowest BCUT2D eigenvalue weighted by atomic mass is 10.0. The minimum atomic E-state index is -0.466. The lowest BCUT2D eigenvalue weighted by Crippen LogP contribution is -2.33. The first kappa shape index (κ1) is 33.9. The minimum absolute atomic E-state index is 0.210. The maximum Gasteiger partial charge on any atom is 0.347 e. The van der Waals surface area contributed by atoms with Crippen LogP contribution in [0.3, 0.4) is 0 Å². The van der Waals surface area contributed by atoms with E-state index in [9.17, 15) is 14.4 Å². The average Bonchev–Trinajstić information content (AvgIpc) is 3.68. The van der Waals surface area contributed by atoms with Crippen molar-refractivity contribution in [2.75, 3.05) is 25.1 Å². The van der Waals surface area contributed by atoms with Crippen LogP contribution in [0.1, 0.15) is 20.7 Å². The van der Waals surface area contributed by atoms with Crippen molar-refractivity contribution in [3.05, 3.63) is 153 Å². The standard InChI is InChI=1S/C22H19ClN2O4.C18H10ClNO2/c23-15-8-9-19(18(12-15)21(26)24-13-20-28-10-11-29-20)25-22(27)17-7-3-5-14-4-1-2-6-16(14)17;19-12-8-9-16-15(10-12)18(21)22-17(20-16)14-7-3-5-11-4-1-2-6-13(11)14/h1-9,12,20H,10-11,13H2,(H,24,26)(H,25,27);1-10H. The van der Waals surface area contributed by atoms with Crippen molar-refractivity contribution in [1.29, 1.82) is 0 Å². The summed E-state index contributed by atoms with van der Waals surface area (Å²) in [4.78, 5) is 42.3. The minimum Gasteiger partial charge on any atom is -0.403 e. The van der Waals surface area contributed by atoms with E-state index in [1.165, 1.54) is 6.07 Å². The second kappa shape index (κ2) is 15.1. The fourth-order valence-electron chi connectivity index (χ4n) is 5.79. The maximum absolute atomic E-state index is 12.9. The predicted octanol–water partition coefficient (Wildman–Crippen LogP) is 8.51. The number of hydrogen-bond donors (Lipinski definition) is 2. The highest BCUT2D eigenvalue weighted by Gasteiger charge is 2.20. The molecule has 51 heavy (non-hydrogen) atoms. The molecular formula is C40H29Cl2N3O6. The van der Waals surface area contributed by atoms with Crippen LogP contribution in [0.2, 0.25) is 10.0 Å². The quantitative estimate of drug-likeness (QED) is 0.177. The summed E-state index contributed by atoms with van der Waals surface area (Å²) < 4.78 is 16.1. The van der Waals surface area contributed by atoms with Gasteiger partial charge in [0.15, 0.2) is 6.29 Å². The van der Waals surface area contributed by atoms with Crippen LogP contribution in [-0.2, 0) is 9.47 Å². The fraction of sp³-hybridized carbons (Fsp3) is 0.100. The van der Waals surface area contributed by atoms with Crippen LogP contribution in [0.25, 0.3) is 43.9 Å². The van der Waals surface area contributed by atoms with Crippen molar-refractivity contribution in [1.82, 2.24) is 10.3 Å². The summed E-state index contributed by atoms with van der Waals surface area (Å²) in [7, 11) is 0. The molecule has 0 unspecified atom stereocenters. The van der Waals surface area contributed by atoms with Gasteiger partial charge in [-0.1, -0.05) is 96.0 Å². The number of benzene rings is 6. The number of carbonyl (C=O) groups excluding carboxylic acids is 2. The molecule has 7 aromatic rings. The van der Waals surface area contributed by atoms with Gasteiger partial charge in [0.25, 0.3) is 11.8 Å². The monoisotopic (exact) mass is 717 g/mol. The Kier molecular flexibility index (Phi) is 10.0. The number of rotatable bonds is 6. The van der Waals surface area contributed by atoms with Gasteiger partial charge in [-0.2, -0.15) is 0 Å². The third-order valence-corrected chi connectivity index (χ3v) is 8.71. The lowest BCUT2D eigenvalue weighted by molar-refractivity contribution is -0.0379. The summed E-state index contributed by atoms with van der Waals surface area (Å²) in [5, 5.41) is 10.7. The maximum atomic E-state index is 12.9. The molecule has 0 saturated carbocycles. The third-order valence-electron chi connectivity index (χ3n) is 8.24. The molecule has 0 radical (unpaired) electrons. The van der Waals surface area contributed by atoms with Gasteiger partial charge < -0.3 is 24.5 Å². The van der Waals surface area contributed by atoms with Crippen LogP contribution in [0.4, 0.5) is 5.69 Å². The number of amides is 2. The van der Waals surface area contributed by atoms with Gasteiger partial charge in [0.1, 0.15) is 0 Å². The zero-order chi connectivity index (χ0) is 35.3. The van der Waals surface area contributed by atoms with Crippen molar-refractivity contribution >= 4 is 73.2 Å². The molecule has 1 saturated heterocycles. The number of anilines is 1. The van der Waals surface area contributed by atoms with Crippen molar-refractivity contribution < 1.29 is 23.5 Å². The molecule has 11 heteroatoms. The number of ether oxygens (including phenoxy) is 2. The summed E-state index contributed by atoms with van der Waals surface area (Å²) in [5.41, 5.74) is 2.10. The molecule has 9 nitrogen and oxygen atoms in total. The molecule has 2 heterocycles. The molecule has 0 atom stereocenters. The Hall–Kier alpha value is -5.58. The first-order chi connectivity index (χ1) is 24.8. The van der Waals surface area contributed by atoms with Crippen molar-refractivity contribution in [3.63, 3.8) is 0 Å². The highest BCUT2D eigenvalue weighted by Crippen LogP contribution is 2.28. The molecule has 1 aliphatic rings. The Morgan fingerprint density at radius 3 is 2.12 bits per heavy atom. The smallest absolute Gasteiger partial charge is 0.347 e. The summed E-state index contributed by atoms with van der Waals surface area (Å²) in [5.74, 6) is -0.364. The van der Waals surface area contributed by atoms with Gasteiger partial charge in [0, 0.05) is 21.2 Å². The van der Waals surface area contributed by atoms with Crippen molar-refractivity contribution in [3.8, 4) is 11.5 Å². The topological polar surface area (TPSA) is 120 Å². The second-order valence-electron chi connectivity index (χ2n) is 11.5. The highest BCUT2D eigenvalue weighted by molar-refractivity contribution is 6.31. The Bertz CT molecular complexity index is 2470. The van der Waals surface area contributed by atoms with E-state index in [1.54, 1.807) is 36.4 Å². The lowest BCUT2D eigenvalue weighted by Gasteiger charge is -2.14. The van der Waals surface area contributed by atoms with Gasteiger partial charge in [-0.25, -0.2) is 9.78 Å². The normalized spacial score (nSPS) is 12.8. The van der Waals surface area contributed by atoms with E-state index in [0.29, 0.717) is 51.3 Å². The van der Waals surface area contributed by atoms with E-state index in [2.05, 4.69) is 15.6 Å². The van der Waals surface area contributed by atoms with Crippen LogP contribution in [-0.4, -0.2) is 42.8 Å². The van der Waals surface area contributed by atoms with Gasteiger partial charge in [0.2, 0.25) is 5.89 Å². The van der Waals surface area contributed by atoms with E-state index in [1.807, 2.05) is 78.9 Å². The van der Waals surface area contributed by atoms with Crippen molar-refractivity contribution in [2.45, 2.75) is 6.29 Å². The summed E-state index contributed by atoms with van der Waals surface area (Å²) in [6.07, 6.45) is -0.466. The van der Waals surface area contributed by atoms with Gasteiger partial charge in [0.05, 0.1) is 41.9 Å². The molecule has 2 N–H and O–H groups in total. The molecule has 0 bridgehead atoms. The van der Waals surface area contributed by atoms with Gasteiger partial charge >= 0.3 is 5.63 Å². The number of carbonyl (C=O) groups is 2. The molecular weight excluding hydrogens is 689 g/mol. The van der Waals surface area contributed by atoms with Gasteiger partial charge in [-0.05, 0) is 70.1 Å². The van der Waals surface area contributed by atoms with E-state index in [0.717, 1.165) is 27.1 Å². The summed E-state index contributed by atoms with van der Waals surface area (Å²) >= 11 is 12.0. The Morgan fingerprint density at radius 2 is 1.33 bits per heavy atom. The van der Waals surface area contributed by atoms with Gasteiger partial charge in [-0.3, -0.25) is 9.59 Å². The molecule has 1 aromatic heterocycles. The molecule has 6 aromatic carbocycles. The number of fused-ring (bicyclic) bond motifs is 3. The van der Waals surface area contributed by atoms with E-state index in [4.69, 9.17) is 37.1 Å². The fourth-order valence-corrected chi connectivity index (χ4v) is 6.14. The van der Waals surface area contributed by atoms with Crippen LogP contribution in [0.15, 0.2) is 131 Å². The highest BCUT2D eigenvalue weighted by atomic mass is 35.5. The zero-order valence-electron chi connectivity index (χ0n) is 26.9. The van der Waals surface area contributed by atoms with Crippen LogP contribution >= 0.6 is 23.2 Å². The molecule has 1 fully saturated rings. The Morgan fingerprint density at radius 1 is 0.686 bits per heavy atom. The molecule has 0 spiro atoms. The second-order valence-corrected chi connectivity index (χ2v) is 12.4. The average molecular weight is 719 g/mol. The predicted molar refractivity (Wildman–Crippen MR) is 200 cm³/mol. The first-order valence-corrected chi connectivity index (χ1v) is 16.8. The number of nitrogens with one attached hydrogen (secondary N) is 2. The number of nitrogens with zero attached hydrogens (tertiary/aromatic N) is 1. The van der Waals surface area contributed by atoms with E-state index in [-0.39, 0.29) is 23.9 Å². The summed E-state index contributed by atoms with van der Waals surface area (Å²) in [6, 6.07) is 36.7. The first-order valence-electron chi connectivity index (χ1n) is 16.0. The number of halogens is 2. The zero-order valence-corrected chi connectivity index (χ0v) is 28.4. The molecule has 8 rings (SSSR count). The molecule has 254 valence electrons. The molecule has 1 aliphatic heterocycles. The van der Waals surface area contributed by atoms with E-state index < -0.39 is 11.9 Å². The number of hydrogen-bond acceptors (Lipinski definition) is 7. The molecule has 2 amide bonds. The number of aromatic nitrogens is 1. The molecule has 0 aliphatic carbocycles. The van der Waals surface area contributed by atoms with Crippen LogP contribution in [0.5, 0.6) is 0 Å². The van der Waals surface area contributed by atoms with Crippen molar-refractivity contribution in [2.24, 2.45) is 0 Å². The van der Waals surface area contributed by atoms with Crippen LogP contribution in [0, 0.1) is 0 Å². The SMILES string of the molecule is O=C(NCC1OCCO1)c1cc(Cl)ccc1NC(=O)c1cccc2ccccc12.O=c1oc(-c2cccc3ccccc23)nc2ccc(Cl)cc12. The van der Waals surface area contributed by atoms with Crippen LogP contribution < -0.4 is 16.3 Å². The van der Waals surface area contributed by atoms with Gasteiger partial charge in [-0.15, -0.1) is 0 Å². The summed E-state index contributed by atoms with van der Waals surface area (Å²) in [6.45, 7) is 1.22. The Labute approximate surface area is 301 Å². The largest absolute Gasteiger partial charge is 0.403 e. The van der Waals surface area contributed by atoms with E-state index >= 15 is 0 Å².